The van der Waals surface area contributed by atoms with Gasteiger partial charge in [0.2, 0.25) is 5.91 Å². The molecule has 0 atom stereocenters. The summed E-state index contributed by atoms with van der Waals surface area (Å²) in [6.07, 6.45) is 8.38. The second-order valence-electron chi connectivity index (χ2n) is 21.8. The van der Waals surface area contributed by atoms with Crippen LogP contribution in [0.25, 0.3) is 10.9 Å². The first-order valence-corrected chi connectivity index (χ1v) is 23.5. The number of nitrogens with zero attached hydrogens (tertiary/aromatic N) is 4. The molecule has 1 aliphatic heterocycles. The number of hydrogen-bond donors (Lipinski definition) is 5. The Hall–Kier alpha value is -2.63. The molecule has 10 nitrogen and oxygen atoms in total. The van der Waals surface area contributed by atoms with Crippen LogP contribution in [0, 0.1) is 35.0 Å². The molecule has 0 radical (unpaired) electrons. The molecular formula is C51H94N6O4. The number of piperazine rings is 1. The lowest BCUT2D eigenvalue weighted by molar-refractivity contribution is -0.133. The number of benzene rings is 1. The lowest BCUT2D eigenvalue weighted by Crippen LogP contribution is -2.59. The number of aliphatic hydroxyl groups is 3. The topological polar surface area (TPSA) is 148 Å². The molecule has 6 N–H and O–H groups in total. The van der Waals surface area contributed by atoms with Crippen LogP contribution in [0.15, 0.2) is 23.2 Å². The second-order valence-corrected chi connectivity index (χ2v) is 21.8. The van der Waals surface area contributed by atoms with Crippen LogP contribution in [0.4, 0.5) is 11.5 Å². The second kappa shape index (κ2) is 25.0. The molecule has 3 rings (SSSR count). The average molecular weight is 855 g/mol. The first-order valence-electron chi connectivity index (χ1n) is 23.5. The van der Waals surface area contributed by atoms with Gasteiger partial charge in [0, 0.05) is 53.8 Å². The lowest BCUT2D eigenvalue weighted by Gasteiger charge is -2.47. The molecule has 1 amide bonds. The van der Waals surface area contributed by atoms with Crippen LogP contribution in [0.2, 0.25) is 0 Å². The first kappa shape index (κ1) is 56.4. The Labute approximate surface area is 374 Å². The van der Waals surface area contributed by atoms with Crippen LogP contribution in [0.1, 0.15) is 167 Å². The van der Waals surface area contributed by atoms with E-state index in [0.29, 0.717) is 11.2 Å². The van der Waals surface area contributed by atoms with E-state index >= 15 is 0 Å². The van der Waals surface area contributed by atoms with Gasteiger partial charge >= 0.3 is 0 Å². The summed E-state index contributed by atoms with van der Waals surface area (Å²) in [6, 6.07) is 6.61. The fraction of sp³-hybridized carbons (Fsp3) is 0.784. The fourth-order valence-corrected chi connectivity index (χ4v) is 7.90. The van der Waals surface area contributed by atoms with E-state index in [1.54, 1.807) is 13.8 Å². The van der Waals surface area contributed by atoms with E-state index in [1.165, 1.54) is 12.0 Å². The number of aliphatic hydroxyl groups excluding tert-OH is 3. The van der Waals surface area contributed by atoms with Gasteiger partial charge in [-0.15, -0.1) is 0 Å². The smallest absolute Gasteiger partial charge is 0.228 e. The molecular weight excluding hydrogens is 761 g/mol. The molecule has 0 aliphatic carbocycles. The number of aryl methyl sites for hydroxylation is 2. The van der Waals surface area contributed by atoms with E-state index < -0.39 is 5.41 Å². The number of unbranched alkanes of at least 4 members (excludes halogenated alkanes) is 1. The van der Waals surface area contributed by atoms with Gasteiger partial charge in [0.15, 0.2) is 0 Å². The highest BCUT2D eigenvalue weighted by molar-refractivity contribution is 5.93. The number of pyridine rings is 1. The Morgan fingerprint density at radius 1 is 0.902 bits per heavy atom. The molecule has 10 heteroatoms. The van der Waals surface area contributed by atoms with E-state index in [1.807, 2.05) is 13.8 Å². The third-order valence-corrected chi connectivity index (χ3v) is 13.1. The first-order chi connectivity index (χ1) is 28.1. The lowest BCUT2D eigenvalue weighted by atomic mass is 9.75. The summed E-state index contributed by atoms with van der Waals surface area (Å²) in [7, 11) is 0. The standard InChI is InChI=1S/C35H58N6O2.C10H22.C6H14O2/c1-10-11-13-25(2)37-30-26(3)28-16-15-27(22-29(28)38-31(30)36)14-12-17-40-18-20-41(21-19-40)35(8,9)23-34(6,7)39-32(43)33(4,5)24-42;1-8(2)7-10(5,6)9(3)4;1-3-6(2,4-7)5-8/h15-16,22,42H,10-14,17-21,23-24H2,1-9H3,(H2,36,38)(H,39,43);8-9H,7H2,1-6H3;7-8H,3-5H2,1-2H3. The number of aliphatic imine (C=N–C) groups is 1. The molecule has 0 saturated carbocycles. The summed E-state index contributed by atoms with van der Waals surface area (Å²) in [5, 5.41) is 31.1. The van der Waals surface area contributed by atoms with Crippen LogP contribution in [-0.4, -0.2) is 105 Å². The highest BCUT2D eigenvalue weighted by Gasteiger charge is 2.38. The molecule has 352 valence electrons. The van der Waals surface area contributed by atoms with Crippen molar-refractivity contribution in [2.75, 3.05) is 58.3 Å². The number of carbonyl (C=O) groups is 1. The molecule has 1 saturated heterocycles. The normalized spacial score (nSPS) is 15.1. The summed E-state index contributed by atoms with van der Waals surface area (Å²) < 4.78 is 0. The zero-order valence-corrected chi connectivity index (χ0v) is 42.3. The van der Waals surface area contributed by atoms with Gasteiger partial charge in [-0.25, -0.2) is 4.98 Å². The number of aromatic nitrogens is 1. The van der Waals surface area contributed by atoms with Gasteiger partial charge in [0.25, 0.3) is 0 Å². The van der Waals surface area contributed by atoms with Crippen molar-refractivity contribution in [3.05, 3.63) is 29.3 Å². The molecule has 1 aromatic heterocycles. The van der Waals surface area contributed by atoms with Gasteiger partial charge in [-0.3, -0.25) is 14.7 Å². The van der Waals surface area contributed by atoms with Crippen LogP contribution in [0.3, 0.4) is 0 Å². The number of nitrogen functional groups attached to an aromatic ring is 1. The monoisotopic (exact) mass is 855 g/mol. The number of rotatable bonds is 20. The quantitative estimate of drug-likeness (QED) is 0.0828. The van der Waals surface area contributed by atoms with Crippen molar-refractivity contribution in [2.45, 2.75) is 180 Å². The summed E-state index contributed by atoms with van der Waals surface area (Å²) in [5.41, 5.74) is 10.7. The number of nitrogens with two attached hydrogens (primary N) is 1. The number of hydrogen-bond acceptors (Lipinski definition) is 9. The third kappa shape index (κ3) is 18.9. The number of fused-ring (bicyclic) bond motifs is 1. The average Bonchev–Trinajstić information content (AvgIpc) is 3.17. The van der Waals surface area contributed by atoms with Crippen LogP contribution < -0.4 is 11.1 Å². The molecule has 61 heavy (non-hydrogen) atoms. The zero-order chi connectivity index (χ0) is 47.0. The van der Waals surface area contributed by atoms with Crippen molar-refractivity contribution >= 4 is 34.0 Å². The van der Waals surface area contributed by atoms with Gasteiger partial charge in [-0.05, 0) is 141 Å². The van der Waals surface area contributed by atoms with Gasteiger partial charge in [0.1, 0.15) is 11.5 Å². The van der Waals surface area contributed by atoms with E-state index in [2.05, 4.69) is 123 Å². The van der Waals surface area contributed by atoms with Crippen molar-refractivity contribution in [3.8, 4) is 0 Å². The Kier molecular flexibility index (Phi) is 23.1. The van der Waals surface area contributed by atoms with Gasteiger partial charge < -0.3 is 31.3 Å². The highest BCUT2D eigenvalue weighted by atomic mass is 16.3. The maximum absolute atomic E-state index is 12.7. The van der Waals surface area contributed by atoms with Crippen molar-refractivity contribution in [1.29, 1.82) is 0 Å². The molecule has 2 aromatic rings. The van der Waals surface area contributed by atoms with Gasteiger partial charge in [-0.1, -0.05) is 80.9 Å². The fourth-order valence-electron chi connectivity index (χ4n) is 7.90. The van der Waals surface area contributed by atoms with Crippen LogP contribution in [-0.2, 0) is 11.2 Å². The summed E-state index contributed by atoms with van der Waals surface area (Å²) in [6.45, 7) is 41.5. The maximum Gasteiger partial charge on any atom is 0.228 e. The van der Waals surface area contributed by atoms with Crippen molar-refractivity contribution in [1.82, 2.24) is 20.1 Å². The highest BCUT2D eigenvalue weighted by Crippen LogP contribution is 2.34. The Morgan fingerprint density at radius 3 is 1.95 bits per heavy atom. The predicted octanol–water partition coefficient (Wildman–Crippen LogP) is 10.1. The van der Waals surface area contributed by atoms with Crippen molar-refractivity contribution in [2.24, 2.45) is 33.1 Å². The minimum absolute atomic E-state index is 0.0519. The molecule has 1 fully saturated rings. The van der Waals surface area contributed by atoms with Crippen LogP contribution in [0.5, 0.6) is 0 Å². The van der Waals surface area contributed by atoms with Gasteiger partial charge in [0.05, 0.1) is 30.8 Å². The number of anilines is 1. The molecule has 1 aromatic carbocycles. The van der Waals surface area contributed by atoms with Crippen molar-refractivity contribution in [3.63, 3.8) is 0 Å². The van der Waals surface area contributed by atoms with E-state index in [4.69, 9.17) is 25.9 Å². The van der Waals surface area contributed by atoms with E-state index in [0.717, 1.165) is 117 Å². The molecule has 0 spiro atoms. The summed E-state index contributed by atoms with van der Waals surface area (Å²) in [5.74, 6) is 2.04. The zero-order valence-electron chi connectivity index (χ0n) is 42.3. The van der Waals surface area contributed by atoms with Crippen LogP contribution >= 0.6 is 0 Å². The molecule has 0 unspecified atom stereocenters. The Bertz CT molecular complexity index is 1630. The van der Waals surface area contributed by atoms with E-state index in [9.17, 15) is 9.90 Å². The summed E-state index contributed by atoms with van der Waals surface area (Å²) >= 11 is 0. The minimum Gasteiger partial charge on any atom is -0.396 e. The Morgan fingerprint density at radius 2 is 1.49 bits per heavy atom. The SMILES string of the molecule is CC(C)CC(C)(C)C(C)C.CCC(C)(CO)CO.CCCCC(C)=Nc1c(N)nc2cc(CCCN3CCN(C(C)(C)CC(C)(C)NC(=O)C(C)(C)CO)CC3)ccc2c1C. The third-order valence-electron chi connectivity index (χ3n) is 13.1. The maximum atomic E-state index is 12.7. The van der Waals surface area contributed by atoms with Crippen molar-refractivity contribution < 1.29 is 20.1 Å². The number of carbonyl (C=O) groups excluding carboxylic acids is 1. The molecule has 2 heterocycles. The molecule has 1 aliphatic rings. The number of nitrogens with one attached hydrogen (secondary N) is 1. The Balaban J connectivity index is 0.000000857. The minimum atomic E-state index is -0.784. The predicted molar refractivity (Wildman–Crippen MR) is 262 cm³/mol. The largest absolute Gasteiger partial charge is 0.396 e. The summed E-state index contributed by atoms with van der Waals surface area (Å²) in [4.78, 5) is 27.4. The van der Waals surface area contributed by atoms with Gasteiger partial charge in [-0.2, -0.15) is 0 Å². The van der Waals surface area contributed by atoms with E-state index in [-0.39, 0.29) is 42.2 Å². The molecule has 0 bridgehead atoms. The number of amides is 1.